The summed E-state index contributed by atoms with van der Waals surface area (Å²) in [7, 11) is 1.88. The molecule has 1 aromatic rings. The Morgan fingerprint density at radius 2 is 1.96 bits per heavy atom. The van der Waals surface area contributed by atoms with Gasteiger partial charge in [-0.3, -0.25) is 9.69 Å². The number of nitrogens with two attached hydrogens (primary N) is 1. The average Bonchev–Trinajstić information content (AvgIpc) is 2.99. The number of amides is 3. The van der Waals surface area contributed by atoms with Crippen LogP contribution in [0.5, 0.6) is 0 Å². The topological polar surface area (TPSA) is 118 Å². The van der Waals surface area contributed by atoms with Crippen molar-refractivity contribution < 1.29 is 9.59 Å². The van der Waals surface area contributed by atoms with Crippen molar-refractivity contribution in [2.45, 2.75) is 49.7 Å². The van der Waals surface area contributed by atoms with Crippen molar-refractivity contribution in [2.24, 2.45) is 12.8 Å². The number of hydrogen-bond donors (Lipinski definition) is 3. The molecule has 0 unspecified atom stereocenters. The van der Waals surface area contributed by atoms with E-state index in [1.807, 2.05) is 11.6 Å². The smallest absolute Gasteiger partial charge is 0.325 e. The third-order valence-electron chi connectivity index (χ3n) is 5.54. The minimum absolute atomic E-state index is 0.149. The molecule has 1 spiro atoms. The Hall–Kier alpha value is -2.00. The molecule has 9 heteroatoms. The van der Waals surface area contributed by atoms with Crippen LogP contribution in [0.4, 0.5) is 4.79 Å². The number of rotatable bonds is 3. The van der Waals surface area contributed by atoms with Crippen molar-refractivity contribution in [2.75, 3.05) is 13.1 Å². The van der Waals surface area contributed by atoms with Crippen molar-refractivity contribution >= 4 is 11.9 Å². The number of aromatic nitrogens is 3. The summed E-state index contributed by atoms with van der Waals surface area (Å²) < 4.78 is 1.89. The Kier molecular flexibility index (Phi) is 3.57. The first-order chi connectivity index (χ1) is 11.5. The van der Waals surface area contributed by atoms with Crippen LogP contribution in [0.1, 0.15) is 43.3 Å². The SMILES string of the molecule is Cn1c(CN2C(=O)NC3(CCNCC3)C2=O)nnc1C1CC(N)C1. The first kappa shape index (κ1) is 15.5. The quantitative estimate of drug-likeness (QED) is 0.623. The van der Waals surface area contributed by atoms with Gasteiger partial charge in [0.2, 0.25) is 0 Å². The van der Waals surface area contributed by atoms with Crippen LogP contribution in [0.3, 0.4) is 0 Å². The molecule has 3 amide bonds. The van der Waals surface area contributed by atoms with Gasteiger partial charge in [0.15, 0.2) is 5.82 Å². The van der Waals surface area contributed by atoms with Crippen LogP contribution in [0.15, 0.2) is 0 Å². The first-order valence-corrected chi connectivity index (χ1v) is 8.49. The lowest BCUT2D eigenvalue weighted by molar-refractivity contribution is -0.132. The molecule has 130 valence electrons. The second-order valence-electron chi connectivity index (χ2n) is 7.12. The van der Waals surface area contributed by atoms with E-state index in [1.165, 1.54) is 4.90 Å². The highest BCUT2D eigenvalue weighted by Crippen LogP contribution is 2.35. The largest absolute Gasteiger partial charge is 0.328 e. The van der Waals surface area contributed by atoms with Gasteiger partial charge >= 0.3 is 6.03 Å². The maximum atomic E-state index is 12.8. The number of nitrogens with one attached hydrogen (secondary N) is 2. The minimum Gasteiger partial charge on any atom is -0.328 e. The summed E-state index contributed by atoms with van der Waals surface area (Å²) in [6.45, 7) is 1.62. The Morgan fingerprint density at radius 3 is 2.62 bits per heavy atom. The van der Waals surface area contributed by atoms with E-state index in [-0.39, 0.29) is 24.5 Å². The van der Waals surface area contributed by atoms with Crippen molar-refractivity contribution in [1.29, 1.82) is 0 Å². The molecule has 3 heterocycles. The molecular formula is C15H23N7O2. The van der Waals surface area contributed by atoms with Crippen molar-refractivity contribution in [3.8, 4) is 0 Å². The molecule has 0 atom stereocenters. The molecule has 4 N–H and O–H groups in total. The van der Waals surface area contributed by atoms with Gasteiger partial charge in [0.25, 0.3) is 5.91 Å². The molecule has 1 aromatic heterocycles. The summed E-state index contributed by atoms with van der Waals surface area (Å²) in [6.07, 6.45) is 3.06. The number of piperidine rings is 1. The normalized spacial score (nSPS) is 29.0. The molecule has 4 rings (SSSR count). The van der Waals surface area contributed by atoms with E-state index in [2.05, 4.69) is 20.8 Å². The van der Waals surface area contributed by atoms with Gasteiger partial charge in [-0.25, -0.2) is 4.79 Å². The van der Waals surface area contributed by atoms with Gasteiger partial charge in [-0.15, -0.1) is 10.2 Å². The second kappa shape index (κ2) is 5.52. The fourth-order valence-corrected chi connectivity index (χ4v) is 3.89. The zero-order chi connectivity index (χ0) is 16.9. The van der Waals surface area contributed by atoms with Gasteiger partial charge in [0.05, 0.1) is 6.54 Å². The monoisotopic (exact) mass is 333 g/mol. The summed E-state index contributed by atoms with van der Waals surface area (Å²) in [5, 5.41) is 14.5. The molecule has 3 aliphatic rings. The lowest BCUT2D eigenvalue weighted by Crippen LogP contribution is -2.53. The summed E-state index contributed by atoms with van der Waals surface area (Å²) in [5.41, 5.74) is 5.10. The van der Waals surface area contributed by atoms with Crippen LogP contribution >= 0.6 is 0 Å². The van der Waals surface area contributed by atoms with Gasteiger partial charge in [-0.05, 0) is 38.8 Å². The number of nitrogens with zero attached hydrogens (tertiary/aromatic N) is 4. The van der Waals surface area contributed by atoms with Crippen LogP contribution in [-0.2, 0) is 18.4 Å². The van der Waals surface area contributed by atoms with Crippen molar-refractivity contribution in [3.63, 3.8) is 0 Å². The van der Waals surface area contributed by atoms with E-state index < -0.39 is 5.54 Å². The standard InChI is InChI=1S/C15H23N7O2/c1-21-11(19-20-12(21)9-6-10(16)7-9)8-22-13(23)15(18-14(22)24)2-4-17-5-3-15/h9-10,17H,2-8,16H2,1H3,(H,18,24). The lowest BCUT2D eigenvalue weighted by Gasteiger charge is -2.31. The molecule has 1 saturated carbocycles. The summed E-state index contributed by atoms with van der Waals surface area (Å²) in [4.78, 5) is 26.4. The van der Waals surface area contributed by atoms with E-state index in [9.17, 15) is 9.59 Å². The highest BCUT2D eigenvalue weighted by atomic mass is 16.2. The van der Waals surface area contributed by atoms with E-state index >= 15 is 0 Å². The number of imide groups is 1. The summed E-state index contributed by atoms with van der Waals surface area (Å²) in [6, 6.07) is -0.0991. The fourth-order valence-electron chi connectivity index (χ4n) is 3.89. The van der Waals surface area contributed by atoms with Gasteiger partial charge in [0.1, 0.15) is 11.4 Å². The lowest BCUT2D eigenvalue weighted by atomic mass is 9.80. The highest BCUT2D eigenvalue weighted by molar-refractivity contribution is 6.07. The molecule has 0 radical (unpaired) electrons. The van der Waals surface area contributed by atoms with Gasteiger partial charge in [-0.1, -0.05) is 0 Å². The predicted octanol–water partition coefficient (Wildman–Crippen LogP) is -0.806. The highest BCUT2D eigenvalue weighted by Gasteiger charge is 2.51. The molecule has 0 bridgehead atoms. The first-order valence-electron chi connectivity index (χ1n) is 8.49. The number of hydrogen-bond acceptors (Lipinski definition) is 6. The minimum atomic E-state index is -0.746. The third kappa shape index (κ3) is 2.30. The molecule has 3 fully saturated rings. The zero-order valence-corrected chi connectivity index (χ0v) is 13.8. The Bertz CT molecular complexity index is 673. The van der Waals surface area contributed by atoms with E-state index in [0.717, 1.165) is 31.8 Å². The molecule has 2 aliphatic heterocycles. The second-order valence-corrected chi connectivity index (χ2v) is 7.12. The Balaban J connectivity index is 1.51. The Labute approximate surface area is 140 Å². The van der Waals surface area contributed by atoms with Crippen LogP contribution in [0.2, 0.25) is 0 Å². The van der Waals surface area contributed by atoms with Crippen molar-refractivity contribution in [1.82, 2.24) is 30.3 Å². The maximum Gasteiger partial charge on any atom is 0.325 e. The molecule has 9 nitrogen and oxygen atoms in total. The predicted molar refractivity (Wildman–Crippen MR) is 84.9 cm³/mol. The maximum absolute atomic E-state index is 12.8. The third-order valence-corrected chi connectivity index (χ3v) is 5.54. The molecule has 1 aliphatic carbocycles. The van der Waals surface area contributed by atoms with Crippen LogP contribution < -0.4 is 16.4 Å². The van der Waals surface area contributed by atoms with Gasteiger partial charge in [-0.2, -0.15) is 0 Å². The van der Waals surface area contributed by atoms with Gasteiger partial charge in [0, 0.05) is 19.0 Å². The van der Waals surface area contributed by atoms with E-state index in [4.69, 9.17) is 5.73 Å². The molecule has 0 aromatic carbocycles. The average molecular weight is 333 g/mol. The van der Waals surface area contributed by atoms with Crippen LogP contribution in [0, 0.1) is 0 Å². The van der Waals surface area contributed by atoms with E-state index in [1.54, 1.807) is 0 Å². The summed E-state index contributed by atoms with van der Waals surface area (Å²) in [5.74, 6) is 1.68. The fraction of sp³-hybridized carbons (Fsp3) is 0.733. The molecule has 24 heavy (non-hydrogen) atoms. The molecule has 2 saturated heterocycles. The molecular weight excluding hydrogens is 310 g/mol. The number of urea groups is 1. The number of carbonyl (C=O) groups is 2. The Morgan fingerprint density at radius 1 is 1.25 bits per heavy atom. The van der Waals surface area contributed by atoms with E-state index in [0.29, 0.717) is 24.6 Å². The van der Waals surface area contributed by atoms with Crippen LogP contribution in [0.25, 0.3) is 0 Å². The zero-order valence-electron chi connectivity index (χ0n) is 13.8. The van der Waals surface area contributed by atoms with Gasteiger partial charge < -0.3 is 20.9 Å². The van der Waals surface area contributed by atoms with Crippen LogP contribution in [-0.4, -0.2) is 56.3 Å². The summed E-state index contributed by atoms with van der Waals surface area (Å²) >= 11 is 0. The van der Waals surface area contributed by atoms with Crippen molar-refractivity contribution in [3.05, 3.63) is 11.6 Å². The number of carbonyl (C=O) groups excluding carboxylic acids is 2.